The molecule has 2 aromatic rings. The maximum atomic E-state index is 12.7. The number of nitrogens with zero attached hydrogens (tertiary/aromatic N) is 1. The van der Waals surface area contributed by atoms with Gasteiger partial charge >= 0.3 is 7.12 Å². The zero-order valence-electron chi connectivity index (χ0n) is 13.6. The van der Waals surface area contributed by atoms with E-state index in [0.717, 1.165) is 11.1 Å². The minimum absolute atomic E-state index is 0.264. The van der Waals surface area contributed by atoms with Crippen LogP contribution in [0.3, 0.4) is 0 Å². The van der Waals surface area contributed by atoms with E-state index in [1.165, 1.54) is 0 Å². The predicted octanol–water partition coefficient (Wildman–Crippen LogP) is 0.921. The Morgan fingerprint density at radius 1 is 1.12 bits per heavy atom. The summed E-state index contributed by atoms with van der Waals surface area (Å²) in [6.07, 6.45) is 0.375. The third-order valence-corrected chi connectivity index (χ3v) is 4.08. The van der Waals surface area contributed by atoms with Gasteiger partial charge in [-0.1, -0.05) is 65.8 Å². The van der Waals surface area contributed by atoms with E-state index in [-0.39, 0.29) is 6.44 Å². The lowest BCUT2D eigenvalue weighted by Crippen LogP contribution is -2.51. The molecule has 1 heterocycles. The molecule has 0 fully saturated rings. The van der Waals surface area contributed by atoms with Crippen molar-refractivity contribution < 1.29 is 19.7 Å². The Morgan fingerprint density at radius 3 is 2.40 bits per heavy atom. The van der Waals surface area contributed by atoms with Gasteiger partial charge in [-0.25, -0.2) is 0 Å². The van der Waals surface area contributed by atoms with Gasteiger partial charge in [0.15, 0.2) is 0 Å². The SMILES string of the molecule is O=C(NCB(O)O)C1(Cc2ccccc2)CC(c2ccccc2)=NO1. The van der Waals surface area contributed by atoms with Gasteiger partial charge in [0.1, 0.15) is 0 Å². The van der Waals surface area contributed by atoms with Crippen molar-refractivity contribution in [3.05, 3.63) is 71.8 Å². The summed E-state index contributed by atoms with van der Waals surface area (Å²) in [6, 6.07) is 19.1. The molecule has 0 radical (unpaired) electrons. The molecule has 1 aliphatic rings. The van der Waals surface area contributed by atoms with Crippen molar-refractivity contribution in [3.63, 3.8) is 0 Å². The van der Waals surface area contributed by atoms with Crippen LogP contribution in [0.15, 0.2) is 65.8 Å². The molecule has 0 bridgehead atoms. The van der Waals surface area contributed by atoms with Crippen LogP contribution in [-0.2, 0) is 16.1 Å². The molecule has 3 N–H and O–H groups in total. The second-order valence-corrected chi connectivity index (χ2v) is 6.02. The normalized spacial score (nSPS) is 19.0. The Kier molecular flexibility index (Phi) is 5.16. The van der Waals surface area contributed by atoms with Gasteiger partial charge in [0, 0.05) is 12.8 Å². The lowest BCUT2D eigenvalue weighted by molar-refractivity contribution is -0.143. The third-order valence-electron chi connectivity index (χ3n) is 4.08. The fourth-order valence-electron chi connectivity index (χ4n) is 2.83. The fourth-order valence-corrected chi connectivity index (χ4v) is 2.83. The molecular formula is C18H19BN2O4. The van der Waals surface area contributed by atoms with E-state index < -0.39 is 18.6 Å². The Bertz CT molecular complexity index is 752. The monoisotopic (exact) mass is 338 g/mol. The summed E-state index contributed by atoms with van der Waals surface area (Å²) in [5.41, 5.74) is 1.32. The first-order valence-electron chi connectivity index (χ1n) is 8.08. The zero-order valence-corrected chi connectivity index (χ0v) is 13.6. The zero-order chi connectivity index (χ0) is 17.7. The Labute approximate surface area is 146 Å². The lowest BCUT2D eigenvalue weighted by atomic mass is 9.86. The standard InChI is InChI=1S/C18H19BN2O4/c22-17(20-13-19(23)24)18(11-14-7-3-1-4-8-14)12-16(21-25-18)15-9-5-2-6-10-15/h1-10,23-24H,11-13H2,(H,20,22). The van der Waals surface area contributed by atoms with Crippen molar-refractivity contribution in [1.82, 2.24) is 5.32 Å². The molecule has 1 unspecified atom stereocenters. The van der Waals surface area contributed by atoms with E-state index in [4.69, 9.17) is 14.9 Å². The highest BCUT2D eigenvalue weighted by molar-refractivity contribution is 6.41. The number of nitrogens with one attached hydrogen (secondary N) is 1. The average Bonchev–Trinajstić information content (AvgIpc) is 3.06. The average molecular weight is 338 g/mol. The number of amides is 1. The Hall–Kier alpha value is -2.64. The van der Waals surface area contributed by atoms with Crippen molar-refractivity contribution in [2.75, 3.05) is 6.44 Å². The fraction of sp³-hybridized carbons (Fsp3) is 0.222. The van der Waals surface area contributed by atoms with Gasteiger partial charge < -0.3 is 20.2 Å². The molecule has 0 saturated carbocycles. The van der Waals surface area contributed by atoms with Crippen LogP contribution >= 0.6 is 0 Å². The molecule has 0 spiro atoms. The van der Waals surface area contributed by atoms with E-state index in [2.05, 4.69) is 10.5 Å². The highest BCUT2D eigenvalue weighted by Crippen LogP contribution is 2.31. The quantitative estimate of drug-likeness (QED) is 0.683. The number of hydrogen-bond acceptors (Lipinski definition) is 5. The van der Waals surface area contributed by atoms with E-state index in [0.29, 0.717) is 18.6 Å². The Balaban J connectivity index is 1.82. The number of carbonyl (C=O) groups is 1. The first-order valence-corrected chi connectivity index (χ1v) is 8.08. The van der Waals surface area contributed by atoms with Crippen LogP contribution in [0.1, 0.15) is 17.5 Å². The van der Waals surface area contributed by atoms with E-state index in [1.54, 1.807) is 0 Å². The summed E-state index contributed by atoms with van der Waals surface area (Å²) < 4.78 is 0. The molecule has 7 heteroatoms. The molecule has 6 nitrogen and oxygen atoms in total. The Morgan fingerprint density at radius 2 is 1.76 bits per heavy atom. The minimum atomic E-state index is -1.62. The van der Waals surface area contributed by atoms with Gasteiger partial charge in [-0.15, -0.1) is 0 Å². The van der Waals surface area contributed by atoms with Crippen LogP contribution in [-0.4, -0.2) is 40.8 Å². The number of benzene rings is 2. The summed E-state index contributed by atoms with van der Waals surface area (Å²) in [6.45, 7) is 0. The molecule has 128 valence electrons. The predicted molar refractivity (Wildman–Crippen MR) is 94.8 cm³/mol. The van der Waals surface area contributed by atoms with Gasteiger partial charge in [-0.2, -0.15) is 0 Å². The van der Waals surface area contributed by atoms with Crippen molar-refractivity contribution in [3.8, 4) is 0 Å². The van der Waals surface area contributed by atoms with Gasteiger partial charge in [-0.3, -0.25) is 4.79 Å². The smallest absolute Gasteiger partial charge is 0.426 e. The first-order chi connectivity index (χ1) is 12.1. The molecule has 1 atom stereocenters. The minimum Gasteiger partial charge on any atom is -0.426 e. The van der Waals surface area contributed by atoms with E-state index in [1.807, 2.05) is 60.7 Å². The molecule has 0 saturated heterocycles. The summed E-state index contributed by atoms with van der Waals surface area (Å²) in [5, 5.41) is 24.7. The summed E-state index contributed by atoms with van der Waals surface area (Å²) >= 11 is 0. The number of rotatable bonds is 6. The first kappa shape index (κ1) is 17.2. The molecule has 1 amide bonds. The van der Waals surface area contributed by atoms with Crippen LogP contribution in [0.4, 0.5) is 0 Å². The summed E-state index contributed by atoms with van der Waals surface area (Å²) in [4.78, 5) is 18.3. The van der Waals surface area contributed by atoms with Gasteiger partial charge in [-0.05, 0) is 11.1 Å². The van der Waals surface area contributed by atoms with Gasteiger partial charge in [0.05, 0.1) is 12.2 Å². The van der Waals surface area contributed by atoms with Crippen LogP contribution in [0.5, 0.6) is 0 Å². The van der Waals surface area contributed by atoms with Crippen molar-refractivity contribution in [1.29, 1.82) is 0 Å². The van der Waals surface area contributed by atoms with Crippen molar-refractivity contribution in [2.45, 2.75) is 18.4 Å². The van der Waals surface area contributed by atoms with Crippen LogP contribution < -0.4 is 5.32 Å². The van der Waals surface area contributed by atoms with Crippen LogP contribution in [0.2, 0.25) is 0 Å². The number of hydrogen-bond donors (Lipinski definition) is 3. The maximum absolute atomic E-state index is 12.7. The van der Waals surface area contributed by atoms with Gasteiger partial charge in [0.2, 0.25) is 5.60 Å². The molecule has 0 aromatic heterocycles. The maximum Gasteiger partial charge on any atom is 0.472 e. The van der Waals surface area contributed by atoms with Crippen LogP contribution in [0.25, 0.3) is 0 Å². The van der Waals surface area contributed by atoms with Gasteiger partial charge in [0.25, 0.3) is 5.91 Å². The lowest BCUT2D eigenvalue weighted by Gasteiger charge is -2.25. The topological polar surface area (TPSA) is 91.2 Å². The highest BCUT2D eigenvalue weighted by atomic mass is 16.7. The third kappa shape index (κ3) is 4.07. The van der Waals surface area contributed by atoms with E-state index >= 15 is 0 Å². The molecule has 1 aliphatic heterocycles. The molecular weight excluding hydrogens is 319 g/mol. The molecule has 3 rings (SSSR count). The molecule has 25 heavy (non-hydrogen) atoms. The van der Waals surface area contributed by atoms with Crippen LogP contribution in [0, 0.1) is 0 Å². The number of carbonyl (C=O) groups excluding carboxylic acids is 1. The summed E-state index contributed by atoms with van der Waals surface area (Å²) in [5.74, 6) is -0.417. The summed E-state index contributed by atoms with van der Waals surface area (Å²) in [7, 11) is -1.62. The highest BCUT2D eigenvalue weighted by Gasteiger charge is 2.47. The van der Waals surface area contributed by atoms with Crippen molar-refractivity contribution >= 4 is 18.7 Å². The van der Waals surface area contributed by atoms with Crippen molar-refractivity contribution in [2.24, 2.45) is 5.16 Å². The second-order valence-electron chi connectivity index (χ2n) is 6.02. The second kappa shape index (κ2) is 7.50. The van der Waals surface area contributed by atoms with E-state index in [9.17, 15) is 4.79 Å². The largest absolute Gasteiger partial charge is 0.472 e. The molecule has 2 aromatic carbocycles. The number of oxime groups is 1. The molecule has 0 aliphatic carbocycles.